The summed E-state index contributed by atoms with van der Waals surface area (Å²) in [7, 11) is 0. The smallest absolute Gasteiger partial charge is 0.269 e. The Hall–Kier alpha value is -3.15. The van der Waals surface area contributed by atoms with Gasteiger partial charge in [0.05, 0.1) is 5.69 Å². The van der Waals surface area contributed by atoms with E-state index in [-0.39, 0.29) is 18.0 Å². The van der Waals surface area contributed by atoms with Crippen molar-refractivity contribution in [3.63, 3.8) is 0 Å². The Labute approximate surface area is 132 Å². The van der Waals surface area contributed by atoms with Crippen molar-refractivity contribution in [3.8, 4) is 11.3 Å². The number of carbonyl (C=O) groups is 1. The van der Waals surface area contributed by atoms with Gasteiger partial charge in [-0.3, -0.25) is 14.7 Å². The van der Waals surface area contributed by atoms with Crippen LogP contribution in [0, 0.1) is 6.92 Å². The highest BCUT2D eigenvalue weighted by atomic mass is 16.2. The minimum Gasteiger partial charge on any atom is -0.347 e. The van der Waals surface area contributed by atoms with Gasteiger partial charge in [0.1, 0.15) is 5.69 Å². The summed E-state index contributed by atoms with van der Waals surface area (Å²) in [5, 5.41) is 9.65. The molecule has 0 unspecified atom stereocenters. The molecule has 3 aromatic rings. The number of hydrogen-bond acceptors (Lipinski definition) is 3. The van der Waals surface area contributed by atoms with E-state index in [1.54, 1.807) is 13.0 Å². The number of hydrogen-bond donors (Lipinski definition) is 3. The topological polar surface area (TPSA) is 90.6 Å². The summed E-state index contributed by atoms with van der Waals surface area (Å²) in [5.74, 6) is -0.266. The van der Waals surface area contributed by atoms with Crippen LogP contribution in [0.2, 0.25) is 0 Å². The largest absolute Gasteiger partial charge is 0.347 e. The van der Waals surface area contributed by atoms with Crippen molar-refractivity contribution in [1.82, 2.24) is 20.5 Å². The van der Waals surface area contributed by atoms with E-state index in [9.17, 15) is 9.59 Å². The summed E-state index contributed by atoms with van der Waals surface area (Å²) in [6.45, 7) is 2.08. The van der Waals surface area contributed by atoms with Gasteiger partial charge < -0.3 is 10.3 Å². The first kappa shape index (κ1) is 14.8. The standard InChI is InChI=1S/C17H16N4O2/c1-11-7-12(8-16(22)19-11)10-18-17(23)15-9-14(20-21-15)13-5-3-2-4-6-13/h2-9H,10H2,1H3,(H,18,23)(H,19,22)(H,20,21). The van der Waals surface area contributed by atoms with Crippen LogP contribution in [0.4, 0.5) is 0 Å². The monoisotopic (exact) mass is 308 g/mol. The van der Waals surface area contributed by atoms with Crippen LogP contribution in [-0.4, -0.2) is 21.1 Å². The SMILES string of the molecule is Cc1cc(CNC(=O)c2cc(-c3ccccc3)n[nH]2)cc(=O)[nH]1. The molecule has 1 aromatic carbocycles. The van der Waals surface area contributed by atoms with Crippen LogP contribution in [0.1, 0.15) is 21.7 Å². The lowest BCUT2D eigenvalue weighted by Crippen LogP contribution is -2.24. The average molecular weight is 308 g/mol. The van der Waals surface area contributed by atoms with Gasteiger partial charge in [-0.2, -0.15) is 5.10 Å². The number of nitrogens with one attached hydrogen (secondary N) is 3. The fourth-order valence-corrected chi connectivity index (χ4v) is 2.33. The van der Waals surface area contributed by atoms with Gasteiger partial charge in [-0.15, -0.1) is 0 Å². The molecule has 0 aliphatic heterocycles. The Morgan fingerprint density at radius 3 is 2.70 bits per heavy atom. The molecule has 0 fully saturated rings. The predicted octanol–water partition coefficient (Wildman–Crippen LogP) is 2.00. The van der Waals surface area contributed by atoms with E-state index in [0.29, 0.717) is 11.4 Å². The first-order valence-electron chi connectivity index (χ1n) is 7.21. The third kappa shape index (κ3) is 3.55. The number of carbonyl (C=O) groups excluding carboxylic acids is 1. The van der Waals surface area contributed by atoms with E-state index in [4.69, 9.17) is 0 Å². The lowest BCUT2D eigenvalue weighted by molar-refractivity contribution is 0.0946. The van der Waals surface area contributed by atoms with Gasteiger partial charge in [-0.05, 0) is 24.6 Å². The second-order valence-electron chi connectivity index (χ2n) is 5.25. The molecular formula is C17H16N4O2. The molecule has 0 aliphatic carbocycles. The van der Waals surface area contributed by atoms with Gasteiger partial charge in [0, 0.05) is 23.9 Å². The summed E-state index contributed by atoms with van der Waals surface area (Å²) in [4.78, 5) is 26.2. The molecule has 0 radical (unpaired) electrons. The Balaban J connectivity index is 1.69. The molecule has 0 bridgehead atoms. The lowest BCUT2D eigenvalue weighted by Gasteiger charge is -2.04. The number of aryl methyl sites for hydroxylation is 1. The molecule has 23 heavy (non-hydrogen) atoms. The van der Waals surface area contributed by atoms with Crippen molar-refractivity contribution >= 4 is 5.91 Å². The molecule has 6 heteroatoms. The van der Waals surface area contributed by atoms with Crippen LogP contribution in [0.5, 0.6) is 0 Å². The summed E-state index contributed by atoms with van der Waals surface area (Å²) < 4.78 is 0. The molecule has 2 aromatic heterocycles. The average Bonchev–Trinajstić information content (AvgIpc) is 3.03. The predicted molar refractivity (Wildman–Crippen MR) is 87.0 cm³/mol. The highest BCUT2D eigenvalue weighted by Gasteiger charge is 2.10. The summed E-state index contributed by atoms with van der Waals surface area (Å²) in [6.07, 6.45) is 0. The molecule has 0 aliphatic rings. The van der Waals surface area contributed by atoms with Gasteiger partial charge in [0.2, 0.25) is 5.56 Å². The van der Waals surface area contributed by atoms with E-state index >= 15 is 0 Å². The Bertz CT molecular complexity index is 881. The number of amides is 1. The Morgan fingerprint density at radius 1 is 1.17 bits per heavy atom. The first-order valence-corrected chi connectivity index (χ1v) is 7.21. The molecule has 0 saturated heterocycles. The first-order chi connectivity index (χ1) is 11.1. The number of aromatic amines is 2. The molecule has 3 N–H and O–H groups in total. The third-order valence-electron chi connectivity index (χ3n) is 3.38. The zero-order chi connectivity index (χ0) is 16.2. The highest BCUT2D eigenvalue weighted by molar-refractivity contribution is 5.93. The maximum Gasteiger partial charge on any atom is 0.269 e. The molecule has 3 rings (SSSR count). The quantitative estimate of drug-likeness (QED) is 0.688. The second-order valence-corrected chi connectivity index (χ2v) is 5.25. The zero-order valence-electron chi connectivity index (χ0n) is 12.6. The molecule has 116 valence electrons. The van der Waals surface area contributed by atoms with E-state index in [0.717, 1.165) is 16.8 Å². The maximum absolute atomic E-state index is 12.2. The number of pyridine rings is 1. The fourth-order valence-electron chi connectivity index (χ4n) is 2.33. The number of rotatable bonds is 4. The number of nitrogens with zero attached hydrogens (tertiary/aromatic N) is 1. The fraction of sp³-hybridized carbons (Fsp3) is 0.118. The molecule has 6 nitrogen and oxygen atoms in total. The van der Waals surface area contributed by atoms with Crippen molar-refractivity contribution < 1.29 is 4.79 Å². The van der Waals surface area contributed by atoms with E-state index < -0.39 is 0 Å². The van der Waals surface area contributed by atoms with Gasteiger partial charge >= 0.3 is 0 Å². The van der Waals surface area contributed by atoms with Crippen LogP contribution >= 0.6 is 0 Å². The van der Waals surface area contributed by atoms with Crippen molar-refractivity contribution in [2.24, 2.45) is 0 Å². The van der Waals surface area contributed by atoms with Crippen molar-refractivity contribution in [2.45, 2.75) is 13.5 Å². The van der Waals surface area contributed by atoms with Crippen LogP contribution in [0.25, 0.3) is 11.3 Å². The van der Waals surface area contributed by atoms with Gasteiger partial charge in [-0.25, -0.2) is 0 Å². The number of aromatic nitrogens is 3. The minimum absolute atomic E-state index is 0.179. The van der Waals surface area contributed by atoms with Crippen LogP contribution < -0.4 is 10.9 Å². The normalized spacial score (nSPS) is 10.5. The summed E-state index contributed by atoms with van der Waals surface area (Å²) >= 11 is 0. The number of H-pyrrole nitrogens is 2. The molecule has 0 atom stereocenters. The Morgan fingerprint density at radius 2 is 1.96 bits per heavy atom. The molecule has 0 saturated carbocycles. The van der Waals surface area contributed by atoms with Crippen molar-refractivity contribution in [1.29, 1.82) is 0 Å². The third-order valence-corrected chi connectivity index (χ3v) is 3.38. The number of benzene rings is 1. The molecule has 0 spiro atoms. The maximum atomic E-state index is 12.2. The van der Waals surface area contributed by atoms with Gasteiger partial charge in [-0.1, -0.05) is 30.3 Å². The van der Waals surface area contributed by atoms with Crippen molar-refractivity contribution in [3.05, 3.63) is 75.8 Å². The summed E-state index contributed by atoms with van der Waals surface area (Å²) in [5.41, 5.74) is 3.36. The van der Waals surface area contributed by atoms with E-state index in [1.807, 2.05) is 36.4 Å². The minimum atomic E-state index is -0.266. The van der Waals surface area contributed by atoms with Gasteiger partial charge in [0.25, 0.3) is 5.91 Å². The highest BCUT2D eigenvalue weighted by Crippen LogP contribution is 2.16. The van der Waals surface area contributed by atoms with Crippen LogP contribution in [0.15, 0.2) is 53.3 Å². The van der Waals surface area contributed by atoms with E-state index in [1.165, 1.54) is 6.07 Å². The summed E-state index contributed by atoms with van der Waals surface area (Å²) in [6, 6.07) is 14.6. The van der Waals surface area contributed by atoms with Gasteiger partial charge in [0.15, 0.2) is 0 Å². The van der Waals surface area contributed by atoms with E-state index in [2.05, 4.69) is 20.5 Å². The van der Waals surface area contributed by atoms with Crippen molar-refractivity contribution in [2.75, 3.05) is 0 Å². The molecule has 2 heterocycles. The molecular weight excluding hydrogens is 292 g/mol. The zero-order valence-corrected chi connectivity index (χ0v) is 12.6. The molecule has 1 amide bonds. The van der Waals surface area contributed by atoms with Crippen LogP contribution in [-0.2, 0) is 6.54 Å². The second kappa shape index (κ2) is 6.31. The van der Waals surface area contributed by atoms with Crippen LogP contribution in [0.3, 0.4) is 0 Å². The lowest BCUT2D eigenvalue weighted by atomic mass is 10.1. The Kier molecular flexibility index (Phi) is 4.05.